The number of hydrogen-bond acceptors (Lipinski definition) is 3. The first-order chi connectivity index (χ1) is 8.59. The van der Waals surface area contributed by atoms with Gasteiger partial charge in [0.1, 0.15) is 5.60 Å². The van der Waals surface area contributed by atoms with Gasteiger partial charge in [-0.25, -0.2) is 0 Å². The summed E-state index contributed by atoms with van der Waals surface area (Å²) in [6.45, 7) is 3.11. The molecule has 0 aliphatic carbocycles. The summed E-state index contributed by atoms with van der Waals surface area (Å²) < 4.78 is 1.09. The average Bonchev–Trinajstić information content (AvgIpc) is 2.86. The highest BCUT2D eigenvalue weighted by Gasteiger charge is 2.23. The van der Waals surface area contributed by atoms with Gasteiger partial charge < -0.3 is 10.4 Å². The van der Waals surface area contributed by atoms with E-state index < -0.39 is 5.60 Å². The van der Waals surface area contributed by atoms with Gasteiger partial charge in [0.05, 0.1) is 0 Å². The van der Waals surface area contributed by atoms with E-state index in [4.69, 9.17) is 0 Å². The van der Waals surface area contributed by atoms with Crippen LogP contribution in [0.1, 0.15) is 17.4 Å². The van der Waals surface area contributed by atoms with Crippen LogP contribution < -0.4 is 5.32 Å². The second kappa shape index (κ2) is 5.97. The van der Waals surface area contributed by atoms with Gasteiger partial charge >= 0.3 is 0 Å². The van der Waals surface area contributed by atoms with E-state index in [2.05, 4.69) is 27.3 Å². The van der Waals surface area contributed by atoms with E-state index >= 15 is 0 Å². The normalized spacial score (nSPS) is 14.4. The Labute approximate surface area is 120 Å². The van der Waals surface area contributed by atoms with Gasteiger partial charge in [-0.3, -0.25) is 0 Å². The summed E-state index contributed by atoms with van der Waals surface area (Å²) in [5, 5.41) is 15.6. The topological polar surface area (TPSA) is 32.3 Å². The zero-order chi connectivity index (χ0) is 13.0. The van der Waals surface area contributed by atoms with Crippen molar-refractivity contribution in [2.24, 2.45) is 0 Å². The third kappa shape index (κ3) is 3.42. The molecular weight excluding hydrogens is 310 g/mol. The molecule has 1 aromatic carbocycles. The molecule has 4 heteroatoms. The van der Waals surface area contributed by atoms with E-state index in [1.54, 1.807) is 11.3 Å². The first-order valence-electron chi connectivity index (χ1n) is 5.80. The maximum absolute atomic E-state index is 10.4. The highest BCUT2D eigenvalue weighted by molar-refractivity contribution is 9.10. The predicted molar refractivity (Wildman–Crippen MR) is 79.7 cm³/mol. The Bertz CT molecular complexity index is 496. The molecule has 1 atom stereocenters. The second-order valence-electron chi connectivity index (χ2n) is 4.45. The summed E-state index contributed by atoms with van der Waals surface area (Å²) in [7, 11) is 0. The molecule has 0 aliphatic rings. The Kier molecular flexibility index (Phi) is 4.56. The van der Waals surface area contributed by atoms with Crippen LogP contribution in [0.3, 0.4) is 0 Å². The summed E-state index contributed by atoms with van der Waals surface area (Å²) in [4.78, 5) is 0.988. The first kappa shape index (κ1) is 13.7. The number of hydrogen-bond donors (Lipinski definition) is 2. The molecule has 1 unspecified atom stereocenters. The maximum Gasteiger partial charge on any atom is 0.108 e. The maximum atomic E-state index is 10.4. The Morgan fingerprint density at radius 2 is 2.06 bits per heavy atom. The molecule has 0 saturated heterocycles. The number of thiophene rings is 1. The van der Waals surface area contributed by atoms with Crippen molar-refractivity contribution in [3.8, 4) is 0 Å². The van der Waals surface area contributed by atoms with Crippen LogP contribution in [0.25, 0.3) is 0 Å². The molecule has 0 radical (unpaired) electrons. The monoisotopic (exact) mass is 325 g/mol. The molecule has 2 aromatic rings. The lowest BCUT2D eigenvalue weighted by Crippen LogP contribution is -2.34. The second-order valence-corrected chi connectivity index (χ2v) is 6.25. The van der Waals surface area contributed by atoms with Crippen LogP contribution in [-0.4, -0.2) is 11.7 Å². The lowest BCUT2D eigenvalue weighted by Gasteiger charge is -2.22. The van der Waals surface area contributed by atoms with Crippen molar-refractivity contribution in [2.45, 2.75) is 19.1 Å². The number of aliphatic hydroxyl groups is 1. The minimum Gasteiger partial charge on any atom is -0.383 e. The third-order valence-electron chi connectivity index (χ3n) is 2.79. The fraction of sp³-hybridized carbons (Fsp3) is 0.286. The van der Waals surface area contributed by atoms with Crippen molar-refractivity contribution in [2.75, 3.05) is 6.54 Å². The molecule has 0 aliphatic heterocycles. The van der Waals surface area contributed by atoms with Crippen LogP contribution in [0.5, 0.6) is 0 Å². The fourth-order valence-corrected chi connectivity index (χ4v) is 2.97. The standard InChI is InChI=1S/C14H16BrNOS/c1-14(17,13-7-4-8-18-13)10-16-9-11-5-2-3-6-12(11)15/h2-8,16-17H,9-10H2,1H3. The van der Waals surface area contributed by atoms with E-state index in [-0.39, 0.29) is 0 Å². The summed E-state index contributed by atoms with van der Waals surface area (Å²) in [6, 6.07) is 12.0. The van der Waals surface area contributed by atoms with Crippen molar-refractivity contribution in [3.05, 3.63) is 56.7 Å². The van der Waals surface area contributed by atoms with Crippen LogP contribution in [0, 0.1) is 0 Å². The first-order valence-corrected chi connectivity index (χ1v) is 7.47. The average molecular weight is 326 g/mol. The van der Waals surface area contributed by atoms with Gasteiger partial charge in [0.2, 0.25) is 0 Å². The van der Waals surface area contributed by atoms with Gasteiger partial charge in [0, 0.05) is 22.4 Å². The van der Waals surface area contributed by atoms with Gasteiger partial charge in [0.15, 0.2) is 0 Å². The van der Waals surface area contributed by atoms with Crippen molar-refractivity contribution < 1.29 is 5.11 Å². The third-order valence-corrected chi connectivity index (χ3v) is 4.69. The molecule has 2 rings (SSSR count). The molecule has 18 heavy (non-hydrogen) atoms. The van der Waals surface area contributed by atoms with E-state index in [1.807, 2.05) is 42.6 Å². The molecule has 0 amide bonds. The molecule has 0 spiro atoms. The molecule has 0 fully saturated rings. The van der Waals surface area contributed by atoms with Gasteiger partial charge in [-0.15, -0.1) is 11.3 Å². The van der Waals surface area contributed by atoms with E-state index in [0.29, 0.717) is 6.54 Å². The molecule has 0 saturated carbocycles. The quantitative estimate of drug-likeness (QED) is 0.881. The number of nitrogens with one attached hydrogen (secondary N) is 1. The van der Waals surface area contributed by atoms with Gasteiger partial charge in [-0.05, 0) is 30.0 Å². The predicted octanol–water partition coefficient (Wildman–Crippen LogP) is 3.51. The summed E-state index contributed by atoms with van der Waals surface area (Å²) in [6.07, 6.45) is 0. The minimum absolute atomic E-state index is 0.537. The van der Waals surface area contributed by atoms with Crippen molar-refractivity contribution >= 4 is 27.3 Å². The molecule has 2 N–H and O–H groups in total. The fourth-order valence-electron chi connectivity index (χ4n) is 1.75. The summed E-state index contributed by atoms with van der Waals surface area (Å²) in [5.74, 6) is 0. The molecule has 1 heterocycles. The molecule has 96 valence electrons. The Morgan fingerprint density at radius 3 is 2.72 bits per heavy atom. The SMILES string of the molecule is CC(O)(CNCc1ccccc1Br)c1cccs1. The highest BCUT2D eigenvalue weighted by atomic mass is 79.9. The lowest BCUT2D eigenvalue weighted by molar-refractivity contribution is 0.0604. The number of rotatable bonds is 5. The van der Waals surface area contributed by atoms with Crippen LogP contribution >= 0.6 is 27.3 Å². The smallest absolute Gasteiger partial charge is 0.108 e. The van der Waals surface area contributed by atoms with Crippen LogP contribution in [-0.2, 0) is 12.1 Å². The van der Waals surface area contributed by atoms with E-state index in [1.165, 1.54) is 5.56 Å². The van der Waals surface area contributed by atoms with Crippen molar-refractivity contribution in [3.63, 3.8) is 0 Å². The van der Waals surface area contributed by atoms with Gasteiger partial charge in [-0.2, -0.15) is 0 Å². The van der Waals surface area contributed by atoms with E-state index in [0.717, 1.165) is 15.9 Å². The van der Waals surface area contributed by atoms with Crippen molar-refractivity contribution in [1.82, 2.24) is 5.32 Å². The molecule has 0 bridgehead atoms. The van der Waals surface area contributed by atoms with Gasteiger partial charge in [-0.1, -0.05) is 40.2 Å². The Balaban J connectivity index is 1.91. The molecular formula is C14H16BrNOS. The highest BCUT2D eigenvalue weighted by Crippen LogP contribution is 2.24. The van der Waals surface area contributed by atoms with E-state index in [9.17, 15) is 5.11 Å². The Hall–Kier alpha value is -0.680. The van der Waals surface area contributed by atoms with Crippen LogP contribution in [0.4, 0.5) is 0 Å². The molecule has 1 aromatic heterocycles. The largest absolute Gasteiger partial charge is 0.383 e. The number of halogens is 1. The van der Waals surface area contributed by atoms with Gasteiger partial charge in [0.25, 0.3) is 0 Å². The lowest BCUT2D eigenvalue weighted by atomic mass is 10.1. The Morgan fingerprint density at radius 1 is 1.28 bits per heavy atom. The van der Waals surface area contributed by atoms with Crippen LogP contribution in [0.2, 0.25) is 0 Å². The summed E-state index contributed by atoms with van der Waals surface area (Å²) >= 11 is 5.10. The molecule has 2 nitrogen and oxygen atoms in total. The van der Waals surface area contributed by atoms with Crippen LogP contribution in [0.15, 0.2) is 46.3 Å². The summed E-state index contributed by atoms with van der Waals surface area (Å²) in [5.41, 5.74) is 0.384. The van der Waals surface area contributed by atoms with Crippen molar-refractivity contribution in [1.29, 1.82) is 0 Å². The number of benzene rings is 1. The zero-order valence-electron chi connectivity index (χ0n) is 10.2. The zero-order valence-corrected chi connectivity index (χ0v) is 12.6. The minimum atomic E-state index is -0.810.